The molecule has 0 fully saturated rings. The summed E-state index contributed by atoms with van der Waals surface area (Å²) in [4.78, 5) is 5.63. The molecule has 0 amide bonds. The van der Waals surface area contributed by atoms with Crippen LogP contribution in [0, 0.1) is 6.92 Å². The van der Waals surface area contributed by atoms with Crippen molar-refractivity contribution in [3.63, 3.8) is 0 Å². The molecule has 0 spiro atoms. The predicted molar refractivity (Wildman–Crippen MR) is 78.0 cm³/mol. The zero-order chi connectivity index (χ0) is 13.2. The highest BCUT2D eigenvalue weighted by molar-refractivity contribution is 7.15. The Balaban J connectivity index is 1.87. The topological polar surface area (TPSA) is 55.3 Å². The van der Waals surface area contributed by atoms with Crippen molar-refractivity contribution < 1.29 is 0 Å². The highest BCUT2D eigenvalue weighted by atomic mass is 32.1. The minimum atomic E-state index is 0.0887. The average molecular weight is 272 g/mol. The summed E-state index contributed by atoms with van der Waals surface area (Å²) >= 11 is 1.64. The van der Waals surface area contributed by atoms with Crippen LogP contribution >= 0.6 is 11.3 Å². The number of hydrogen-bond acceptors (Lipinski definition) is 4. The summed E-state index contributed by atoms with van der Waals surface area (Å²) in [5, 5.41) is 2.03. The molecular formula is C14H16N4S. The van der Waals surface area contributed by atoms with E-state index in [1.807, 2.05) is 28.1 Å². The number of thiazole rings is 1. The smallest absolute Gasteiger partial charge is 0.193 e. The zero-order valence-electron chi connectivity index (χ0n) is 10.7. The standard InChI is InChI=1S/C14H16N4S/c1-10-4-2-3-5-12(10)13(17-15)8-11-9-18-6-7-19-14(18)16-11/h2-7,9,13,17H,8,15H2,1H3. The summed E-state index contributed by atoms with van der Waals surface area (Å²) in [5.74, 6) is 5.71. The van der Waals surface area contributed by atoms with Gasteiger partial charge in [-0.15, -0.1) is 11.3 Å². The van der Waals surface area contributed by atoms with Gasteiger partial charge < -0.3 is 0 Å². The second-order valence-electron chi connectivity index (χ2n) is 4.61. The first kappa shape index (κ1) is 12.3. The van der Waals surface area contributed by atoms with Gasteiger partial charge in [0, 0.05) is 24.2 Å². The van der Waals surface area contributed by atoms with Crippen molar-refractivity contribution in [2.75, 3.05) is 0 Å². The number of aromatic nitrogens is 2. The maximum atomic E-state index is 5.71. The van der Waals surface area contributed by atoms with Crippen molar-refractivity contribution in [1.29, 1.82) is 0 Å². The molecule has 2 heterocycles. The monoisotopic (exact) mass is 272 g/mol. The molecular weight excluding hydrogens is 256 g/mol. The SMILES string of the molecule is Cc1ccccc1C(Cc1cn2ccsc2n1)NN. The van der Waals surface area contributed by atoms with Crippen LogP contribution in [0.1, 0.15) is 22.9 Å². The van der Waals surface area contributed by atoms with E-state index in [2.05, 4.69) is 35.7 Å². The first-order chi connectivity index (χ1) is 9.28. The molecule has 0 bridgehead atoms. The second-order valence-corrected chi connectivity index (χ2v) is 5.48. The Morgan fingerprint density at radius 1 is 1.42 bits per heavy atom. The molecule has 19 heavy (non-hydrogen) atoms. The van der Waals surface area contributed by atoms with E-state index >= 15 is 0 Å². The van der Waals surface area contributed by atoms with Gasteiger partial charge in [-0.05, 0) is 18.1 Å². The van der Waals surface area contributed by atoms with E-state index in [0.29, 0.717) is 0 Å². The van der Waals surface area contributed by atoms with Gasteiger partial charge >= 0.3 is 0 Å². The number of hydrazine groups is 1. The molecule has 1 aromatic carbocycles. The maximum absolute atomic E-state index is 5.71. The van der Waals surface area contributed by atoms with Crippen molar-refractivity contribution in [3.05, 3.63) is 58.9 Å². The van der Waals surface area contributed by atoms with Gasteiger partial charge in [-0.25, -0.2) is 4.98 Å². The second kappa shape index (κ2) is 5.13. The van der Waals surface area contributed by atoms with Gasteiger partial charge in [0.25, 0.3) is 0 Å². The summed E-state index contributed by atoms with van der Waals surface area (Å²) in [5.41, 5.74) is 6.42. The van der Waals surface area contributed by atoms with Crippen LogP contribution in [0.25, 0.3) is 4.96 Å². The van der Waals surface area contributed by atoms with Crippen LogP contribution in [0.5, 0.6) is 0 Å². The van der Waals surface area contributed by atoms with Crippen molar-refractivity contribution in [2.24, 2.45) is 5.84 Å². The molecule has 3 aromatic rings. The molecule has 3 rings (SSSR count). The van der Waals surface area contributed by atoms with E-state index in [1.165, 1.54) is 11.1 Å². The number of benzene rings is 1. The Hall–Kier alpha value is -1.69. The van der Waals surface area contributed by atoms with Crippen LogP contribution in [0.3, 0.4) is 0 Å². The van der Waals surface area contributed by atoms with Crippen molar-refractivity contribution >= 4 is 16.3 Å². The fourth-order valence-electron chi connectivity index (χ4n) is 2.32. The third-order valence-electron chi connectivity index (χ3n) is 3.32. The molecule has 0 aliphatic carbocycles. The van der Waals surface area contributed by atoms with Gasteiger partial charge in [-0.3, -0.25) is 15.7 Å². The third-order valence-corrected chi connectivity index (χ3v) is 4.09. The maximum Gasteiger partial charge on any atom is 0.193 e. The van der Waals surface area contributed by atoms with E-state index in [0.717, 1.165) is 17.1 Å². The summed E-state index contributed by atoms with van der Waals surface area (Å²) in [6.07, 6.45) is 4.87. The number of nitrogens with zero attached hydrogens (tertiary/aromatic N) is 2. The van der Waals surface area contributed by atoms with Gasteiger partial charge in [0.15, 0.2) is 4.96 Å². The summed E-state index contributed by atoms with van der Waals surface area (Å²) in [6.45, 7) is 2.10. The van der Waals surface area contributed by atoms with E-state index in [-0.39, 0.29) is 6.04 Å². The molecule has 0 saturated carbocycles. The lowest BCUT2D eigenvalue weighted by Gasteiger charge is -2.17. The van der Waals surface area contributed by atoms with Crippen LogP contribution in [-0.2, 0) is 6.42 Å². The summed E-state index contributed by atoms with van der Waals surface area (Å²) in [7, 11) is 0. The van der Waals surface area contributed by atoms with Gasteiger partial charge in [0.1, 0.15) is 0 Å². The van der Waals surface area contributed by atoms with Gasteiger partial charge in [0.05, 0.1) is 11.7 Å². The van der Waals surface area contributed by atoms with Gasteiger partial charge in [0.2, 0.25) is 0 Å². The fraction of sp³-hybridized carbons (Fsp3) is 0.214. The molecule has 5 heteroatoms. The van der Waals surface area contributed by atoms with Crippen LogP contribution in [-0.4, -0.2) is 9.38 Å². The lowest BCUT2D eigenvalue weighted by molar-refractivity contribution is 0.544. The highest BCUT2D eigenvalue weighted by Gasteiger charge is 2.14. The van der Waals surface area contributed by atoms with Crippen LogP contribution in [0.4, 0.5) is 0 Å². The molecule has 0 aliphatic rings. The molecule has 0 saturated heterocycles. The average Bonchev–Trinajstić information content (AvgIpc) is 2.97. The molecule has 0 radical (unpaired) electrons. The number of nitrogens with two attached hydrogens (primary N) is 1. The Kier molecular flexibility index (Phi) is 3.33. The number of hydrogen-bond donors (Lipinski definition) is 2. The van der Waals surface area contributed by atoms with E-state index in [1.54, 1.807) is 11.3 Å². The summed E-state index contributed by atoms with van der Waals surface area (Å²) in [6, 6.07) is 8.38. The fourth-order valence-corrected chi connectivity index (χ4v) is 3.04. The van der Waals surface area contributed by atoms with E-state index < -0.39 is 0 Å². The highest BCUT2D eigenvalue weighted by Crippen LogP contribution is 2.21. The van der Waals surface area contributed by atoms with Crippen molar-refractivity contribution in [3.8, 4) is 0 Å². The molecule has 2 aromatic heterocycles. The van der Waals surface area contributed by atoms with E-state index in [9.17, 15) is 0 Å². The van der Waals surface area contributed by atoms with E-state index in [4.69, 9.17) is 5.84 Å². The number of aryl methyl sites for hydroxylation is 1. The minimum absolute atomic E-state index is 0.0887. The van der Waals surface area contributed by atoms with Gasteiger partial charge in [-0.2, -0.15) is 0 Å². The first-order valence-corrected chi connectivity index (χ1v) is 7.08. The number of nitrogens with one attached hydrogen (secondary N) is 1. The quantitative estimate of drug-likeness (QED) is 0.566. The Morgan fingerprint density at radius 3 is 3.00 bits per heavy atom. The minimum Gasteiger partial charge on any atom is -0.297 e. The zero-order valence-corrected chi connectivity index (χ0v) is 11.5. The summed E-state index contributed by atoms with van der Waals surface area (Å²) < 4.78 is 2.05. The van der Waals surface area contributed by atoms with Gasteiger partial charge in [-0.1, -0.05) is 24.3 Å². The Morgan fingerprint density at radius 2 is 2.26 bits per heavy atom. The molecule has 98 valence electrons. The van der Waals surface area contributed by atoms with Crippen LogP contribution in [0.15, 0.2) is 42.0 Å². The van der Waals surface area contributed by atoms with Crippen molar-refractivity contribution in [1.82, 2.24) is 14.8 Å². The number of imidazole rings is 1. The van der Waals surface area contributed by atoms with Crippen molar-refractivity contribution in [2.45, 2.75) is 19.4 Å². The normalized spacial score (nSPS) is 12.9. The lowest BCUT2D eigenvalue weighted by Crippen LogP contribution is -2.30. The molecule has 3 N–H and O–H groups in total. The predicted octanol–water partition coefficient (Wildman–Crippen LogP) is 2.45. The van der Waals surface area contributed by atoms with Crippen LogP contribution < -0.4 is 11.3 Å². The Bertz CT molecular complexity index is 657. The number of fused-ring (bicyclic) bond motifs is 1. The lowest BCUT2D eigenvalue weighted by atomic mass is 9.98. The molecule has 1 atom stereocenters. The number of rotatable bonds is 4. The molecule has 0 aliphatic heterocycles. The molecule has 1 unspecified atom stereocenters. The largest absolute Gasteiger partial charge is 0.297 e. The third kappa shape index (κ3) is 2.40. The van der Waals surface area contributed by atoms with Crippen LogP contribution in [0.2, 0.25) is 0 Å². The Labute approximate surface area is 115 Å². The molecule has 4 nitrogen and oxygen atoms in total. The first-order valence-electron chi connectivity index (χ1n) is 6.20.